The van der Waals surface area contributed by atoms with Crippen LogP contribution < -0.4 is 3.20 Å². The second-order valence-electron chi connectivity index (χ2n) is 2.52. The Morgan fingerprint density at radius 1 is 1.27 bits per heavy atom. The average Bonchev–Trinajstić information content (AvgIpc) is 2.46. The Hall–Kier alpha value is -0.0149. The molecule has 0 saturated carbocycles. The van der Waals surface area contributed by atoms with Crippen molar-refractivity contribution in [1.82, 2.24) is 4.98 Å². The fourth-order valence-electron chi connectivity index (χ4n) is 1.21. The molecule has 0 amide bonds. The predicted octanol–water partition coefficient (Wildman–Crippen LogP) is 2.03. The van der Waals surface area contributed by atoms with Crippen LogP contribution in [0.1, 0.15) is 0 Å². The summed E-state index contributed by atoms with van der Waals surface area (Å²) in [6.07, 6.45) is 0. The summed E-state index contributed by atoms with van der Waals surface area (Å²) in [5, 5.41) is 1.28. The summed E-state index contributed by atoms with van der Waals surface area (Å²) in [6, 6.07) is 10.4. The van der Waals surface area contributed by atoms with Crippen molar-refractivity contribution in [2.45, 2.75) is 0 Å². The van der Waals surface area contributed by atoms with Crippen molar-refractivity contribution < 1.29 is 23.3 Å². The number of benzene rings is 1. The molecule has 0 atom stereocenters. The zero-order chi connectivity index (χ0) is 7.68. The molecule has 11 heavy (non-hydrogen) atoms. The molecule has 0 spiro atoms. The van der Waals surface area contributed by atoms with Crippen LogP contribution in [0.15, 0.2) is 30.3 Å². The standard InChI is InChI=1S/C8H6N.ClH.Hg/c1-2-4-8-7(3-1)5-6-9-8;;/h1-5,9H;1H;/q;;+1/p-1. The van der Waals surface area contributed by atoms with Gasteiger partial charge >= 0.3 is 81.0 Å². The van der Waals surface area contributed by atoms with Gasteiger partial charge in [0.2, 0.25) is 0 Å². The van der Waals surface area contributed by atoms with Crippen molar-refractivity contribution in [3.8, 4) is 0 Å². The molecule has 52 valence electrons. The van der Waals surface area contributed by atoms with Crippen molar-refractivity contribution in [3.05, 3.63) is 30.3 Å². The van der Waals surface area contributed by atoms with Gasteiger partial charge in [0.25, 0.3) is 0 Å². The van der Waals surface area contributed by atoms with Crippen molar-refractivity contribution >= 4 is 22.4 Å². The molecule has 0 unspecified atom stereocenters. The van der Waals surface area contributed by atoms with E-state index in [0.717, 1.165) is 0 Å². The molecule has 0 bridgehead atoms. The van der Waals surface area contributed by atoms with Crippen molar-refractivity contribution in [1.29, 1.82) is 0 Å². The molecule has 2 aromatic rings. The minimum atomic E-state index is -1.21. The topological polar surface area (TPSA) is 15.8 Å². The van der Waals surface area contributed by atoms with Crippen LogP contribution in [0, 0.1) is 0 Å². The van der Waals surface area contributed by atoms with E-state index in [1.54, 1.807) is 0 Å². The number of para-hydroxylation sites is 1. The molecule has 0 radical (unpaired) electrons. The molecule has 1 nitrogen and oxygen atoms in total. The van der Waals surface area contributed by atoms with E-state index in [-0.39, 0.29) is 0 Å². The first-order valence-electron chi connectivity index (χ1n) is 3.53. The van der Waals surface area contributed by atoms with Crippen molar-refractivity contribution in [3.63, 3.8) is 0 Å². The molecule has 0 aliphatic carbocycles. The van der Waals surface area contributed by atoms with Crippen molar-refractivity contribution in [2.24, 2.45) is 0 Å². The van der Waals surface area contributed by atoms with Crippen LogP contribution in [0.5, 0.6) is 0 Å². The van der Waals surface area contributed by atoms with Crippen molar-refractivity contribution in [2.75, 3.05) is 0 Å². The van der Waals surface area contributed by atoms with Crippen LogP contribution in [0.4, 0.5) is 0 Å². The molecule has 1 heterocycles. The maximum atomic E-state index is 5.89. The number of nitrogens with one attached hydrogen (secondary N) is 1. The summed E-state index contributed by atoms with van der Waals surface area (Å²) >= 11 is -1.21. The van der Waals surface area contributed by atoms with Gasteiger partial charge in [0.1, 0.15) is 0 Å². The van der Waals surface area contributed by atoms with Crippen LogP contribution in [-0.2, 0) is 23.3 Å². The predicted molar refractivity (Wildman–Crippen MR) is 43.8 cm³/mol. The van der Waals surface area contributed by atoms with Gasteiger partial charge in [-0.05, 0) is 0 Å². The number of H-pyrrole nitrogens is 1. The average molecular weight is 352 g/mol. The molecule has 3 heteroatoms. The molecule has 2 rings (SSSR count). The molecule has 1 aromatic carbocycles. The van der Waals surface area contributed by atoms with E-state index in [2.05, 4.69) is 23.2 Å². The SMILES string of the molecule is [Cl][Hg][c]1cc2ccccc2[nH]1. The first-order valence-corrected chi connectivity index (χ1v) is 13.0. The molecule has 1 aromatic heterocycles. The Morgan fingerprint density at radius 3 is 2.82 bits per heavy atom. The molecule has 0 fully saturated rings. The Balaban J connectivity index is 2.69. The Kier molecular flexibility index (Phi) is 2.19. The zero-order valence-electron chi connectivity index (χ0n) is 5.97. The number of aromatic nitrogens is 1. The molecule has 0 saturated heterocycles. The van der Waals surface area contributed by atoms with Crippen LogP contribution in [0.25, 0.3) is 10.9 Å². The molecule has 1 N–H and O–H groups in total. The maximum absolute atomic E-state index is 5.89. The van der Waals surface area contributed by atoms with Crippen LogP contribution in [-0.4, -0.2) is 4.98 Å². The van der Waals surface area contributed by atoms with Gasteiger partial charge in [-0.2, -0.15) is 0 Å². The van der Waals surface area contributed by atoms with E-state index in [4.69, 9.17) is 8.25 Å². The summed E-state index contributed by atoms with van der Waals surface area (Å²) in [4.78, 5) is 3.31. The summed E-state index contributed by atoms with van der Waals surface area (Å²) < 4.78 is 1.30. The number of fused-ring (bicyclic) bond motifs is 1. The van der Waals surface area contributed by atoms with E-state index in [9.17, 15) is 0 Å². The summed E-state index contributed by atoms with van der Waals surface area (Å²) in [5.41, 5.74) is 1.21. The van der Waals surface area contributed by atoms with E-state index in [0.29, 0.717) is 0 Å². The fourth-order valence-corrected chi connectivity index (χ4v) is 4.62. The monoisotopic (exact) mass is 353 g/mol. The van der Waals surface area contributed by atoms with E-state index in [1.807, 2.05) is 12.1 Å². The van der Waals surface area contributed by atoms with Gasteiger partial charge in [0, 0.05) is 0 Å². The first kappa shape index (κ1) is 7.62. The number of halogens is 1. The molecule has 0 aliphatic heterocycles. The number of hydrogen-bond donors (Lipinski definition) is 1. The summed E-state index contributed by atoms with van der Waals surface area (Å²) in [7, 11) is 5.89. The first-order chi connectivity index (χ1) is 5.40. The Bertz CT molecular complexity index is 336. The molecular formula is C8H6ClHgN. The third-order valence-corrected chi connectivity index (χ3v) is 6.86. The fraction of sp³-hybridized carbons (Fsp3) is 0. The second kappa shape index (κ2) is 3.15. The van der Waals surface area contributed by atoms with Gasteiger partial charge in [0.15, 0.2) is 0 Å². The van der Waals surface area contributed by atoms with Gasteiger partial charge in [-0.15, -0.1) is 0 Å². The van der Waals surface area contributed by atoms with Gasteiger partial charge in [-0.25, -0.2) is 0 Å². The summed E-state index contributed by atoms with van der Waals surface area (Å²) in [6.45, 7) is 0. The number of rotatable bonds is 1. The molecule has 0 aliphatic rings. The van der Waals surface area contributed by atoms with Gasteiger partial charge < -0.3 is 0 Å². The van der Waals surface area contributed by atoms with Gasteiger partial charge in [-0.3, -0.25) is 0 Å². The molecular weight excluding hydrogens is 346 g/mol. The van der Waals surface area contributed by atoms with Crippen LogP contribution >= 0.6 is 8.25 Å². The zero-order valence-corrected chi connectivity index (χ0v) is 12.2. The third kappa shape index (κ3) is 1.45. The van der Waals surface area contributed by atoms with E-state index in [1.165, 1.54) is 14.1 Å². The quantitative estimate of drug-likeness (QED) is 0.756. The third-order valence-electron chi connectivity index (χ3n) is 1.73. The summed E-state index contributed by atoms with van der Waals surface area (Å²) in [5.74, 6) is 0. The van der Waals surface area contributed by atoms with E-state index < -0.39 is 23.3 Å². The Morgan fingerprint density at radius 2 is 2.09 bits per heavy atom. The number of aromatic amines is 1. The normalized spacial score (nSPS) is 9.91. The second-order valence-corrected chi connectivity index (χ2v) is 8.86. The number of hydrogen-bond acceptors (Lipinski definition) is 0. The van der Waals surface area contributed by atoms with Gasteiger partial charge in [-0.1, -0.05) is 0 Å². The minimum absolute atomic E-state index is 1.21. The Labute approximate surface area is 80.6 Å². The van der Waals surface area contributed by atoms with Crippen LogP contribution in [0.2, 0.25) is 0 Å². The van der Waals surface area contributed by atoms with E-state index >= 15 is 0 Å². The van der Waals surface area contributed by atoms with Gasteiger partial charge in [0.05, 0.1) is 0 Å². The van der Waals surface area contributed by atoms with Crippen LogP contribution in [0.3, 0.4) is 0 Å².